The zero-order valence-electron chi connectivity index (χ0n) is 35.0. The van der Waals surface area contributed by atoms with Crippen molar-refractivity contribution >= 4 is 17.1 Å². The highest BCUT2D eigenvalue weighted by atomic mass is 15.1. The largest absolute Gasteiger partial charge is 0.310 e. The van der Waals surface area contributed by atoms with Gasteiger partial charge < -0.3 is 4.90 Å². The van der Waals surface area contributed by atoms with Crippen molar-refractivity contribution in [2.75, 3.05) is 4.90 Å². The highest BCUT2D eigenvalue weighted by Crippen LogP contribution is 2.59. The van der Waals surface area contributed by atoms with Gasteiger partial charge in [-0.1, -0.05) is 219 Å². The normalized spacial score (nSPS) is 14.2. The second-order valence-electron chi connectivity index (χ2n) is 17.0. The van der Waals surface area contributed by atoms with Crippen LogP contribution in [0.5, 0.6) is 0 Å². The Morgan fingerprint density at radius 2 is 0.871 bits per heavy atom. The van der Waals surface area contributed by atoms with Crippen LogP contribution in [0.2, 0.25) is 0 Å². The minimum Gasteiger partial charge on any atom is -0.310 e. The quantitative estimate of drug-likeness (QED) is 0.141. The third-order valence-corrected chi connectivity index (χ3v) is 13.6. The molecule has 0 radical (unpaired) electrons. The van der Waals surface area contributed by atoms with Crippen molar-refractivity contribution in [3.8, 4) is 44.5 Å². The molecule has 2 aliphatic carbocycles. The molecule has 0 heterocycles. The van der Waals surface area contributed by atoms with E-state index in [1.165, 1.54) is 104 Å². The number of para-hydroxylation sites is 1. The van der Waals surface area contributed by atoms with E-state index in [0.29, 0.717) is 5.92 Å². The van der Waals surface area contributed by atoms with E-state index >= 15 is 0 Å². The third kappa shape index (κ3) is 6.48. The van der Waals surface area contributed by atoms with Gasteiger partial charge in [-0.05, 0) is 116 Å². The van der Waals surface area contributed by atoms with Crippen molar-refractivity contribution in [1.82, 2.24) is 0 Å². The molecule has 0 aromatic heterocycles. The van der Waals surface area contributed by atoms with E-state index in [1.54, 1.807) is 0 Å². The number of hydrogen-bond donors (Lipinski definition) is 0. The van der Waals surface area contributed by atoms with Gasteiger partial charge in [-0.3, -0.25) is 0 Å². The van der Waals surface area contributed by atoms with E-state index in [9.17, 15) is 0 Å². The summed E-state index contributed by atoms with van der Waals surface area (Å²) < 4.78 is 0. The van der Waals surface area contributed by atoms with Gasteiger partial charge in [0, 0.05) is 16.9 Å². The summed E-state index contributed by atoms with van der Waals surface area (Å²) in [7, 11) is 0. The lowest BCUT2D eigenvalue weighted by atomic mass is 9.67. The number of nitrogens with zero attached hydrogens (tertiary/aromatic N) is 1. The van der Waals surface area contributed by atoms with E-state index in [1.807, 2.05) is 0 Å². The van der Waals surface area contributed by atoms with E-state index in [-0.39, 0.29) is 0 Å². The van der Waals surface area contributed by atoms with Crippen molar-refractivity contribution in [2.45, 2.75) is 43.4 Å². The fraction of sp³-hybridized carbons (Fsp3) is 0.115. The molecule has 0 bridgehead atoms. The first-order valence-corrected chi connectivity index (χ1v) is 22.4. The van der Waals surface area contributed by atoms with Crippen LogP contribution in [-0.4, -0.2) is 0 Å². The molecule has 9 aromatic rings. The van der Waals surface area contributed by atoms with Crippen LogP contribution in [0, 0.1) is 0 Å². The molecule has 0 spiro atoms. The van der Waals surface area contributed by atoms with Crippen LogP contribution in [0.15, 0.2) is 231 Å². The van der Waals surface area contributed by atoms with Crippen LogP contribution in [0.4, 0.5) is 17.1 Å². The van der Waals surface area contributed by atoms with Crippen LogP contribution in [0.3, 0.4) is 0 Å². The summed E-state index contributed by atoms with van der Waals surface area (Å²) in [6, 6.07) is 85.7. The van der Waals surface area contributed by atoms with E-state index in [2.05, 4.69) is 235 Å². The fourth-order valence-electron chi connectivity index (χ4n) is 10.8. The van der Waals surface area contributed by atoms with Crippen LogP contribution < -0.4 is 4.90 Å². The van der Waals surface area contributed by atoms with Gasteiger partial charge in [0.1, 0.15) is 0 Å². The van der Waals surface area contributed by atoms with Gasteiger partial charge in [0.05, 0.1) is 11.1 Å². The lowest BCUT2D eigenvalue weighted by Gasteiger charge is -2.35. The van der Waals surface area contributed by atoms with Crippen LogP contribution >= 0.6 is 0 Å². The fourth-order valence-corrected chi connectivity index (χ4v) is 10.8. The second-order valence-corrected chi connectivity index (χ2v) is 17.0. The average molecular weight is 796 g/mol. The molecule has 1 nitrogen and oxygen atoms in total. The molecular formula is C61H49N. The number of fused-ring (bicyclic) bond motifs is 3. The second kappa shape index (κ2) is 16.3. The summed E-state index contributed by atoms with van der Waals surface area (Å²) in [5.41, 5.74) is 19.3. The van der Waals surface area contributed by atoms with Crippen molar-refractivity contribution in [1.29, 1.82) is 0 Å². The van der Waals surface area contributed by atoms with Crippen molar-refractivity contribution < 1.29 is 0 Å². The predicted octanol–water partition coefficient (Wildman–Crippen LogP) is 16.6. The number of hydrogen-bond acceptors (Lipinski definition) is 1. The van der Waals surface area contributed by atoms with Gasteiger partial charge in [-0.15, -0.1) is 0 Å². The molecule has 1 saturated carbocycles. The van der Waals surface area contributed by atoms with Crippen molar-refractivity contribution in [3.05, 3.63) is 258 Å². The molecule has 0 unspecified atom stereocenters. The molecule has 0 atom stereocenters. The maximum absolute atomic E-state index is 2.52. The maximum atomic E-state index is 2.52. The van der Waals surface area contributed by atoms with Gasteiger partial charge in [-0.2, -0.15) is 0 Å². The lowest BCUT2D eigenvalue weighted by molar-refractivity contribution is 0.443. The van der Waals surface area contributed by atoms with Crippen LogP contribution in [0.25, 0.3) is 44.5 Å². The molecule has 298 valence electrons. The molecule has 0 aliphatic heterocycles. The molecule has 11 rings (SSSR count). The maximum Gasteiger partial charge on any atom is 0.0714 e. The van der Waals surface area contributed by atoms with Crippen LogP contribution in [-0.2, 0) is 5.41 Å². The molecule has 0 amide bonds. The molecule has 62 heavy (non-hydrogen) atoms. The highest BCUT2D eigenvalue weighted by Gasteiger charge is 2.47. The Morgan fingerprint density at radius 3 is 1.52 bits per heavy atom. The molecular weight excluding hydrogens is 747 g/mol. The number of rotatable bonds is 9. The first-order chi connectivity index (χ1) is 30.8. The van der Waals surface area contributed by atoms with Crippen LogP contribution in [0.1, 0.15) is 65.8 Å². The summed E-state index contributed by atoms with van der Waals surface area (Å²) >= 11 is 0. The molecule has 1 heteroatoms. The minimum absolute atomic E-state index is 0.566. The Hall–Kier alpha value is -7.22. The Balaban J connectivity index is 1.18. The Morgan fingerprint density at radius 1 is 0.355 bits per heavy atom. The molecule has 0 N–H and O–H groups in total. The molecule has 2 aliphatic rings. The molecule has 0 saturated heterocycles. The first-order valence-electron chi connectivity index (χ1n) is 22.4. The SMILES string of the molecule is c1ccc(-c2ccccc2-c2ccccc2N(c2ccc(C3CCCCC3)cc2)c2ccc3c(c2)C(c2ccccc2)(c2ccccc2)c2cccc(-c4ccccc4)c2-3)cc1. The average Bonchev–Trinajstić information content (AvgIpc) is 3.66. The highest BCUT2D eigenvalue weighted by molar-refractivity contribution is 5.98. The molecule has 1 fully saturated rings. The topological polar surface area (TPSA) is 3.24 Å². The van der Waals surface area contributed by atoms with E-state index < -0.39 is 5.41 Å². The van der Waals surface area contributed by atoms with Gasteiger partial charge in [0.15, 0.2) is 0 Å². The van der Waals surface area contributed by atoms with Gasteiger partial charge in [-0.25, -0.2) is 0 Å². The zero-order valence-corrected chi connectivity index (χ0v) is 35.0. The monoisotopic (exact) mass is 795 g/mol. The zero-order chi connectivity index (χ0) is 41.3. The summed E-state index contributed by atoms with van der Waals surface area (Å²) in [6.07, 6.45) is 6.55. The smallest absolute Gasteiger partial charge is 0.0714 e. The Labute approximate surface area is 366 Å². The van der Waals surface area contributed by atoms with Gasteiger partial charge in [0.25, 0.3) is 0 Å². The molecule has 9 aromatic carbocycles. The minimum atomic E-state index is -0.566. The van der Waals surface area contributed by atoms with E-state index in [0.717, 1.165) is 17.1 Å². The number of benzene rings is 9. The standard InChI is InChI=1S/C61H49N/c1-6-21-44(22-7-1)45-37-39-50(40-38-45)62(59-36-19-18-33-55(59)54-32-17-16-31-52(54)46-23-8-2-9-24-46)51-41-42-56-58(43-51)61(48-27-12-4-13-28-48,49-29-14-5-15-30-49)57-35-20-34-53(60(56)57)47-25-10-3-11-26-47/h2-5,8-20,23-44H,1,6-7,21-22H2. The van der Waals surface area contributed by atoms with Crippen molar-refractivity contribution in [3.63, 3.8) is 0 Å². The third-order valence-electron chi connectivity index (χ3n) is 13.6. The summed E-state index contributed by atoms with van der Waals surface area (Å²) in [4.78, 5) is 2.52. The number of anilines is 3. The Bertz CT molecular complexity index is 2920. The first kappa shape index (κ1) is 37.8. The lowest BCUT2D eigenvalue weighted by Crippen LogP contribution is -2.28. The summed E-state index contributed by atoms with van der Waals surface area (Å²) in [5, 5.41) is 0. The Kier molecular flexibility index (Phi) is 9.94. The summed E-state index contributed by atoms with van der Waals surface area (Å²) in [6.45, 7) is 0. The predicted molar refractivity (Wildman–Crippen MR) is 261 cm³/mol. The van der Waals surface area contributed by atoms with E-state index in [4.69, 9.17) is 0 Å². The summed E-state index contributed by atoms with van der Waals surface area (Å²) in [5.74, 6) is 0.631. The van der Waals surface area contributed by atoms with Gasteiger partial charge in [0.2, 0.25) is 0 Å². The van der Waals surface area contributed by atoms with Crippen molar-refractivity contribution in [2.24, 2.45) is 0 Å². The van der Waals surface area contributed by atoms with Gasteiger partial charge >= 0.3 is 0 Å².